The van der Waals surface area contributed by atoms with Gasteiger partial charge in [-0.1, -0.05) is 18.2 Å². The highest BCUT2D eigenvalue weighted by Gasteiger charge is 2.27. The molecule has 1 atom stereocenters. The number of amides is 1. The van der Waals surface area contributed by atoms with E-state index < -0.39 is 0 Å². The van der Waals surface area contributed by atoms with Crippen LogP contribution in [0.5, 0.6) is 0 Å². The summed E-state index contributed by atoms with van der Waals surface area (Å²) in [6.07, 6.45) is 1.59. The first kappa shape index (κ1) is 17.6. The molecule has 0 N–H and O–H groups in total. The fourth-order valence-electron chi connectivity index (χ4n) is 2.95. The van der Waals surface area contributed by atoms with Crippen molar-refractivity contribution in [3.8, 4) is 0 Å². The molecule has 2 aromatic rings. The summed E-state index contributed by atoms with van der Waals surface area (Å²) in [5, 5.41) is 0. The van der Waals surface area contributed by atoms with Crippen LogP contribution in [0.25, 0.3) is 0 Å². The van der Waals surface area contributed by atoms with Crippen LogP contribution in [0.4, 0.5) is 4.39 Å². The van der Waals surface area contributed by atoms with E-state index in [1.165, 1.54) is 6.07 Å². The maximum Gasteiger partial charge on any atom is 0.289 e. The average molecular weight is 347 g/mol. The van der Waals surface area contributed by atoms with Crippen molar-refractivity contribution < 1.29 is 23.1 Å². The van der Waals surface area contributed by atoms with Crippen LogP contribution in [0.2, 0.25) is 0 Å². The summed E-state index contributed by atoms with van der Waals surface area (Å²) in [7, 11) is 1.58. The highest BCUT2D eigenvalue weighted by Crippen LogP contribution is 2.19. The van der Waals surface area contributed by atoms with E-state index in [4.69, 9.17) is 13.9 Å². The van der Waals surface area contributed by atoms with Crippen LogP contribution in [-0.4, -0.2) is 37.1 Å². The smallest absolute Gasteiger partial charge is 0.289 e. The Bertz CT molecular complexity index is 715. The van der Waals surface area contributed by atoms with Crippen LogP contribution in [0.15, 0.2) is 40.8 Å². The largest absolute Gasteiger partial charge is 0.453 e. The van der Waals surface area contributed by atoms with Gasteiger partial charge in [-0.25, -0.2) is 4.39 Å². The van der Waals surface area contributed by atoms with Crippen molar-refractivity contribution in [1.29, 1.82) is 0 Å². The Balaban J connectivity index is 1.56. The molecular weight excluding hydrogens is 325 g/mol. The minimum Gasteiger partial charge on any atom is -0.453 e. The summed E-state index contributed by atoms with van der Waals surface area (Å²) in [5.41, 5.74) is 0.529. The van der Waals surface area contributed by atoms with Gasteiger partial charge in [0.2, 0.25) is 0 Å². The molecule has 0 saturated carbocycles. The van der Waals surface area contributed by atoms with Gasteiger partial charge in [0.15, 0.2) is 5.76 Å². The van der Waals surface area contributed by atoms with Crippen molar-refractivity contribution in [1.82, 2.24) is 4.90 Å². The van der Waals surface area contributed by atoms with E-state index in [1.54, 1.807) is 42.3 Å². The fraction of sp³-hybridized carbons (Fsp3) is 0.421. The molecule has 0 spiro atoms. The maximum absolute atomic E-state index is 13.7. The number of piperidine rings is 1. The number of methoxy groups -OCH3 is 1. The summed E-state index contributed by atoms with van der Waals surface area (Å²) >= 11 is 0. The molecule has 1 aromatic carbocycles. The number of carbonyl (C=O) groups excluding carboxylic acids is 1. The van der Waals surface area contributed by atoms with Crippen LogP contribution in [0.3, 0.4) is 0 Å². The number of hydrogen-bond donors (Lipinski definition) is 0. The first-order valence-electron chi connectivity index (χ1n) is 8.39. The molecule has 1 amide bonds. The molecule has 0 bridgehead atoms. The van der Waals surface area contributed by atoms with Gasteiger partial charge < -0.3 is 18.8 Å². The first-order valence-corrected chi connectivity index (χ1v) is 8.39. The van der Waals surface area contributed by atoms with Crippen molar-refractivity contribution in [2.45, 2.75) is 32.2 Å². The van der Waals surface area contributed by atoms with Crippen LogP contribution in [-0.2, 0) is 22.7 Å². The van der Waals surface area contributed by atoms with Crippen molar-refractivity contribution >= 4 is 5.91 Å². The van der Waals surface area contributed by atoms with Crippen LogP contribution < -0.4 is 0 Å². The zero-order valence-electron chi connectivity index (χ0n) is 14.2. The highest BCUT2D eigenvalue weighted by molar-refractivity contribution is 5.91. The lowest BCUT2D eigenvalue weighted by Gasteiger charge is -2.32. The van der Waals surface area contributed by atoms with E-state index in [0.29, 0.717) is 36.8 Å². The van der Waals surface area contributed by atoms with Crippen molar-refractivity contribution in [3.05, 3.63) is 59.3 Å². The standard InChI is InChI=1S/C19H22FNO4/c1-23-13-16-8-9-18(25-16)19(22)21-10-4-6-15(11-21)24-12-14-5-2-3-7-17(14)20/h2-3,5,7-9,15H,4,6,10-13H2,1H3/t15-/m0/s1. The van der Waals surface area contributed by atoms with Gasteiger partial charge in [0.05, 0.1) is 12.7 Å². The number of benzene rings is 1. The molecule has 1 aromatic heterocycles. The van der Waals surface area contributed by atoms with Crippen LogP contribution in [0.1, 0.15) is 34.7 Å². The van der Waals surface area contributed by atoms with Gasteiger partial charge in [-0.15, -0.1) is 0 Å². The molecule has 6 heteroatoms. The summed E-state index contributed by atoms with van der Waals surface area (Å²) in [6, 6.07) is 9.98. The summed E-state index contributed by atoms with van der Waals surface area (Å²) in [5.74, 6) is 0.506. The molecule has 1 saturated heterocycles. The Labute approximate surface area is 146 Å². The molecule has 5 nitrogen and oxygen atoms in total. The third-order valence-corrected chi connectivity index (χ3v) is 4.26. The second-order valence-corrected chi connectivity index (χ2v) is 6.12. The van der Waals surface area contributed by atoms with E-state index >= 15 is 0 Å². The number of nitrogens with zero attached hydrogens (tertiary/aromatic N) is 1. The number of carbonyl (C=O) groups is 1. The van der Waals surface area contributed by atoms with Crippen LogP contribution >= 0.6 is 0 Å². The lowest BCUT2D eigenvalue weighted by molar-refractivity contribution is -0.00850. The molecule has 1 aliphatic heterocycles. The number of furan rings is 1. The van der Waals surface area contributed by atoms with Crippen LogP contribution in [0, 0.1) is 5.82 Å². The molecule has 0 aliphatic carbocycles. The molecule has 2 heterocycles. The van der Waals surface area contributed by atoms with Gasteiger partial charge in [0.1, 0.15) is 18.2 Å². The third kappa shape index (κ3) is 4.46. The predicted octanol–water partition coefficient (Wildman–Crippen LogP) is 3.39. The first-order chi connectivity index (χ1) is 12.2. The molecule has 0 radical (unpaired) electrons. The number of likely N-dealkylation sites (tertiary alicyclic amines) is 1. The Morgan fingerprint density at radius 3 is 2.92 bits per heavy atom. The second-order valence-electron chi connectivity index (χ2n) is 6.12. The molecular formula is C19H22FNO4. The third-order valence-electron chi connectivity index (χ3n) is 4.26. The molecule has 1 aliphatic rings. The molecule has 3 rings (SSSR count). The Hall–Kier alpha value is -2.18. The zero-order valence-corrected chi connectivity index (χ0v) is 14.2. The van der Waals surface area contributed by atoms with E-state index in [2.05, 4.69) is 0 Å². The number of halogens is 1. The van der Waals surface area contributed by atoms with E-state index in [-0.39, 0.29) is 24.4 Å². The Morgan fingerprint density at radius 2 is 2.12 bits per heavy atom. The van der Waals surface area contributed by atoms with Gasteiger partial charge in [0, 0.05) is 25.8 Å². The highest BCUT2D eigenvalue weighted by atomic mass is 19.1. The van der Waals surface area contributed by atoms with Gasteiger partial charge in [-0.2, -0.15) is 0 Å². The fourth-order valence-corrected chi connectivity index (χ4v) is 2.95. The summed E-state index contributed by atoms with van der Waals surface area (Å²) in [4.78, 5) is 14.3. The van der Waals surface area contributed by atoms with Crippen molar-refractivity contribution in [2.24, 2.45) is 0 Å². The molecule has 25 heavy (non-hydrogen) atoms. The van der Waals surface area contributed by atoms with Gasteiger partial charge in [-0.3, -0.25) is 4.79 Å². The van der Waals surface area contributed by atoms with Gasteiger partial charge in [-0.05, 0) is 31.0 Å². The summed E-state index contributed by atoms with van der Waals surface area (Å²) in [6.45, 7) is 1.69. The quantitative estimate of drug-likeness (QED) is 0.804. The minimum absolute atomic E-state index is 0.106. The normalized spacial score (nSPS) is 17.7. The van der Waals surface area contributed by atoms with Gasteiger partial charge in [0.25, 0.3) is 5.91 Å². The maximum atomic E-state index is 13.7. The molecule has 1 fully saturated rings. The average Bonchev–Trinajstić information content (AvgIpc) is 3.10. The van der Waals surface area contributed by atoms with E-state index in [1.807, 2.05) is 0 Å². The zero-order chi connectivity index (χ0) is 17.6. The molecule has 0 unspecified atom stereocenters. The number of ether oxygens (including phenoxy) is 2. The number of hydrogen-bond acceptors (Lipinski definition) is 4. The van der Waals surface area contributed by atoms with E-state index in [0.717, 1.165) is 12.8 Å². The lowest BCUT2D eigenvalue weighted by atomic mass is 10.1. The Kier molecular flexibility index (Phi) is 5.83. The Morgan fingerprint density at radius 1 is 1.28 bits per heavy atom. The van der Waals surface area contributed by atoms with Gasteiger partial charge >= 0.3 is 0 Å². The van der Waals surface area contributed by atoms with Crippen molar-refractivity contribution in [3.63, 3.8) is 0 Å². The predicted molar refractivity (Wildman–Crippen MR) is 89.5 cm³/mol. The van der Waals surface area contributed by atoms with E-state index in [9.17, 15) is 9.18 Å². The minimum atomic E-state index is -0.271. The number of rotatable bonds is 6. The lowest BCUT2D eigenvalue weighted by Crippen LogP contribution is -2.43. The molecule has 134 valence electrons. The topological polar surface area (TPSA) is 51.9 Å². The monoisotopic (exact) mass is 347 g/mol. The SMILES string of the molecule is COCc1ccc(C(=O)N2CCC[C@H](OCc3ccccc3F)C2)o1. The summed E-state index contributed by atoms with van der Waals surface area (Å²) < 4.78 is 30.0. The second kappa shape index (κ2) is 8.27. The van der Waals surface area contributed by atoms with Crippen molar-refractivity contribution in [2.75, 3.05) is 20.2 Å².